The van der Waals surface area contributed by atoms with Crippen molar-refractivity contribution >= 4 is 33.5 Å². The van der Waals surface area contributed by atoms with Gasteiger partial charge in [-0.1, -0.05) is 30.3 Å². The molecule has 1 aliphatic heterocycles. The standard InChI is InChI=1S/C16H18BrN3S/c17-16-7-6-15(21-16)12-18-20-10-8-19(9-11-20)13-14-4-2-1-3-5-14/h1-7,12H,8-11,13H2/p+1. The third-order valence-electron chi connectivity index (χ3n) is 3.69. The summed E-state index contributed by atoms with van der Waals surface area (Å²) in [5.74, 6) is 0. The summed E-state index contributed by atoms with van der Waals surface area (Å²) in [5, 5.41) is 6.78. The largest absolute Gasteiger partial charge is 0.328 e. The van der Waals surface area contributed by atoms with Crippen molar-refractivity contribution in [2.75, 3.05) is 26.2 Å². The monoisotopic (exact) mass is 364 g/mol. The maximum atomic E-state index is 4.59. The molecular weight excluding hydrogens is 346 g/mol. The van der Waals surface area contributed by atoms with E-state index in [0.29, 0.717) is 0 Å². The zero-order chi connectivity index (χ0) is 14.5. The molecule has 0 bridgehead atoms. The summed E-state index contributed by atoms with van der Waals surface area (Å²) < 4.78 is 1.15. The zero-order valence-electron chi connectivity index (χ0n) is 11.8. The van der Waals surface area contributed by atoms with E-state index in [0.717, 1.165) is 36.5 Å². The lowest BCUT2D eigenvalue weighted by Gasteiger charge is -2.30. The fourth-order valence-electron chi connectivity index (χ4n) is 2.52. The fraction of sp³-hybridized carbons (Fsp3) is 0.312. The van der Waals surface area contributed by atoms with Crippen molar-refractivity contribution < 1.29 is 4.90 Å². The van der Waals surface area contributed by atoms with E-state index in [9.17, 15) is 0 Å². The predicted octanol–water partition coefficient (Wildman–Crippen LogP) is 2.25. The Morgan fingerprint density at radius 2 is 1.90 bits per heavy atom. The average molecular weight is 365 g/mol. The first-order valence-electron chi connectivity index (χ1n) is 7.21. The Morgan fingerprint density at radius 1 is 1.14 bits per heavy atom. The Hall–Kier alpha value is -1.17. The molecule has 3 rings (SSSR count). The molecule has 0 radical (unpaired) electrons. The molecule has 3 nitrogen and oxygen atoms in total. The first kappa shape index (κ1) is 14.8. The molecule has 2 heterocycles. The fourth-order valence-corrected chi connectivity index (χ4v) is 3.81. The SMILES string of the molecule is Brc1ccc(C=NN2CC[NH+](Cc3ccccc3)CC2)s1. The highest BCUT2D eigenvalue weighted by Crippen LogP contribution is 2.20. The first-order valence-corrected chi connectivity index (χ1v) is 8.82. The van der Waals surface area contributed by atoms with E-state index in [1.165, 1.54) is 10.4 Å². The van der Waals surface area contributed by atoms with Crippen LogP contribution in [0.1, 0.15) is 10.4 Å². The topological polar surface area (TPSA) is 20.0 Å². The van der Waals surface area contributed by atoms with Crippen LogP contribution in [0.25, 0.3) is 0 Å². The summed E-state index contributed by atoms with van der Waals surface area (Å²) in [4.78, 5) is 2.84. The summed E-state index contributed by atoms with van der Waals surface area (Å²) in [6.45, 7) is 5.49. The minimum absolute atomic E-state index is 1.03. The number of piperazine rings is 1. The van der Waals surface area contributed by atoms with Gasteiger partial charge in [0.2, 0.25) is 0 Å². The third-order valence-corrected chi connectivity index (χ3v) is 5.24. The summed E-state index contributed by atoms with van der Waals surface area (Å²) >= 11 is 5.19. The number of nitrogens with one attached hydrogen (secondary N) is 1. The lowest BCUT2D eigenvalue weighted by molar-refractivity contribution is -0.918. The summed E-state index contributed by atoms with van der Waals surface area (Å²) in [6, 6.07) is 14.9. The maximum absolute atomic E-state index is 4.59. The Balaban J connectivity index is 1.48. The third kappa shape index (κ3) is 4.40. The van der Waals surface area contributed by atoms with Crippen molar-refractivity contribution in [1.82, 2.24) is 5.01 Å². The van der Waals surface area contributed by atoms with Gasteiger partial charge in [0.1, 0.15) is 6.54 Å². The molecule has 110 valence electrons. The van der Waals surface area contributed by atoms with E-state index >= 15 is 0 Å². The smallest absolute Gasteiger partial charge is 0.103 e. The quantitative estimate of drug-likeness (QED) is 0.824. The van der Waals surface area contributed by atoms with Gasteiger partial charge in [-0.15, -0.1) is 11.3 Å². The molecule has 21 heavy (non-hydrogen) atoms. The second-order valence-corrected chi connectivity index (χ2v) is 7.75. The second kappa shape index (κ2) is 7.20. The van der Waals surface area contributed by atoms with E-state index in [-0.39, 0.29) is 0 Å². The number of hydrogen-bond acceptors (Lipinski definition) is 3. The van der Waals surface area contributed by atoms with Crippen LogP contribution in [0, 0.1) is 0 Å². The predicted molar refractivity (Wildman–Crippen MR) is 92.0 cm³/mol. The highest BCUT2D eigenvalue weighted by Gasteiger charge is 2.18. The number of thiophene rings is 1. The molecule has 0 saturated carbocycles. The van der Waals surface area contributed by atoms with Crippen molar-refractivity contribution in [1.29, 1.82) is 0 Å². The Bertz CT molecular complexity index is 589. The van der Waals surface area contributed by atoms with Crippen LogP contribution < -0.4 is 4.90 Å². The zero-order valence-corrected chi connectivity index (χ0v) is 14.2. The lowest BCUT2D eigenvalue weighted by Crippen LogP contribution is -3.13. The van der Waals surface area contributed by atoms with E-state index in [2.05, 4.69) is 68.5 Å². The molecule has 0 aliphatic carbocycles. The molecule has 1 N–H and O–H groups in total. The molecule has 2 aromatic rings. The molecule has 1 aromatic carbocycles. The molecule has 1 saturated heterocycles. The highest BCUT2D eigenvalue weighted by atomic mass is 79.9. The number of benzene rings is 1. The molecule has 1 aliphatic rings. The van der Waals surface area contributed by atoms with Crippen LogP contribution in [0.2, 0.25) is 0 Å². The molecular formula is C16H19BrN3S+. The van der Waals surface area contributed by atoms with Gasteiger partial charge in [-0.05, 0) is 28.1 Å². The normalized spacial score (nSPS) is 16.7. The van der Waals surface area contributed by atoms with E-state index in [1.807, 2.05) is 6.21 Å². The Kier molecular flexibility index (Phi) is 5.06. The van der Waals surface area contributed by atoms with Crippen LogP contribution >= 0.6 is 27.3 Å². The number of halogens is 1. The van der Waals surface area contributed by atoms with Crippen LogP contribution in [0.5, 0.6) is 0 Å². The Morgan fingerprint density at radius 3 is 2.57 bits per heavy atom. The van der Waals surface area contributed by atoms with Crippen LogP contribution in [0.15, 0.2) is 51.4 Å². The molecule has 1 aromatic heterocycles. The minimum atomic E-state index is 1.03. The number of quaternary nitrogens is 1. The molecule has 0 amide bonds. The number of hydrogen-bond donors (Lipinski definition) is 1. The van der Waals surface area contributed by atoms with Crippen molar-refractivity contribution in [2.45, 2.75) is 6.54 Å². The van der Waals surface area contributed by atoms with Crippen LogP contribution in [-0.2, 0) is 6.54 Å². The van der Waals surface area contributed by atoms with Gasteiger partial charge in [0.15, 0.2) is 0 Å². The second-order valence-electron chi connectivity index (χ2n) is 5.25. The van der Waals surface area contributed by atoms with Gasteiger partial charge in [0, 0.05) is 10.4 Å². The average Bonchev–Trinajstić information content (AvgIpc) is 2.93. The Labute approximate surface area is 138 Å². The molecule has 0 unspecified atom stereocenters. The van der Waals surface area contributed by atoms with Crippen LogP contribution in [0.3, 0.4) is 0 Å². The molecule has 5 heteroatoms. The van der Waals surface area contributed by atoms with Gasteiger partial charge in [-0.3, -0.25) is 5.01 Å². The van der Waals surface area contributed by atoms with Crippen molar-refractivity contribution in [3.63, 3.8) is 0 Å². The number of nitrogens with zero attached hydrogens (tertiary/aromatic N) is 2. The van der Waals surface area contributed by atoms with Crippen molar-refractivity contribution in [3.8, 4) is 0 Å². The highest BCUT2D eigenvalue weighted by molar-refractivity contribution is 9.11. The first-order chi connectivity index (χ1) is 10.3. The summed E-state index contributed by atoms with van der Waals surface area (Å²) in [7, 11) is 0. The summed E-state index contributed by atoms with van der Waals surface area (Å²) in [6.07, 6.45) is 1.97. The van der Waals surface area contributed by atoms with E-state index in [4.69, 9.17) is 0 Å². The van der Waals surface area contributed by atoms with Gasteiger partial charge in [0.25, 0.3) is 0 Å². The van der Waals surface area contributed by atoms with Gasteiger partial charge >= 0.3 is 0 Å². The lowest BCUT2D eigenvalue weighted by atomic mass is 10.2. The van der Waals surface area contributed by atoms with Gasteiger partial charge in [-0.2, -0.15) is 5.10 Å². The van der Waals surface area contributed by atoms with E-state index < -0.39 is 0 Å². The molecule has 0 atom stereocenters. The van der Waals surface area contributed by atoms with E-state index in [1.54, 1.807) is 16.2 Å². The maximum Gasteiger partial charge on any atom is 0.103 e. The van der Waals surface area contributed by atoms with Gasteiger partial charge < -0.3 is 4.90 Å². The molecule has 1 fully saturated rings. The van der Waals surface area contributed by atoms with Crippen LogP contribution in [-0.4, -0.2) is 37.4 Å². The summed E-state index contributed by atoms with van der Waals surface area (Å²) in [5.41, 5.74) is 1.42. The van der Waals surface area contributed by atoms with Gasteiger partial charge in [0.05, 0.1) is 36.2 Å². The van der Waals surface area contributed by atoms with Crippen molar-refractivity contribution in [2.24, 2.45) is 5.10 Å². The van der Waals surface area contributed by atoms with Crippen LogP contribution in [0.4, 0.5) is 0 Å². The number of hydrazone groups is 1. The molecule has 0 spiro atoms. The van der Waals surface area contributed by atoms with Crippen molar-refractivity contribution in [3.05, 3.63) is 56.7 Å². The van der Waals surface area contributed by atoms with Gasteiger partial charge in [-0.25, -0.2) is 0 Å². The minimum Gasteiger partial charge on any atom is -0.328 e. The number of rotatable bonds is 4.